The summed E-state index contributed by atoms with van der Waals surface area (Å²) in [5.41, 5.74) is -2.19. The van der Waals surface area contributed by atoms with Gasteiger partial charge >= 0.3 is 11.8 Å². The zero-order valence-electron chi connectivity index (χ0n) is 20.2. The highest BCUT2D eigenvalue weighted by Gasteiger charge is 2.67. The standard InChI is InChI=1S/C27H30F3N3O2/c1-25(2,3)20-16-14-19(15-17-20)23(34)32-26(27(28,29)30)24(35)33(21-12-8-5-9-13-21)22(31-26)18-10-6-4-7-11-18/h4,6-7,10-11,14-17,21H,5,8-9,12-13H2,1-3H3,(H,32,34). The molecule has 1 saturated carbocycles. The van der Waals surface area contributed by atoms with Crippen LogP contribution in [0.5, 0.6) is 0 Å². The third kappa shape index (κ3) is 4.70. The smallest absolute Gasteiger partial charge is 0.312 e. The van der Waals surface area contributed by atoms with E-state index >= 15 is 0 Å². The Bertz CT molecular complexity index is 1120. The van der Waals surface area contributed by atoms with Gasteiger partial charge in [-0.05, 0) is 36.0 Å². The van der Waals surface area contributed by atoms with Crippen molar-refractivity contribution in [2.24, 2.45) is 4.99 Å². The van der Waals surface area contributed by atoms with Crippen LogP contribution in [0, 0.1) is 0 Å². The minimum Gasteiger partial charge on any atom is -0.312 e. The molecule has 5 nitrogen and oxygen atoms in total. The van der Waals surface area contributed by atoms with Crippen LogP contribution in [0.1, 0.15) is 74.4 Å². The van der Waals surface area contributed by atoms with Gasteiger partial charge in [0.2, 0.25) is 0 Å². The van der Waals surface area contributed by atoms with Crippen LogP contribution >= 0.6 is 0 Å². The Kier molecular flexibility index (Phi) is 6.51. The van der Waals surface area contributed by atoms with Gasteiger partial charge in [-0.15, -0.1) is 0 Å². The Morgan fingerprint density at radius 1 is 0.971 bits per heavy atom. The van der Waals surface area contributed by atoms with Crippen LogP contribution < -0.4 is 5.32 Å². The Hall–Kier alpha value is -3.16. The molecule has 35 heavy (non-hydrogen) atoms. The van der Waals surface area contributed by atoms with Crippen LogP contribution in [0.25, 0.3) is 0 Å². The molecule has 0 aromatic heterocycles. The quantitative estimate of drug-likeness (QED) is 0.613. The summed E-state index contributed by atoms with van der Waals surface area (Å²) in [5, 5.41) is 1.98. The van der Waals surface area contributed by atoms with Crippen molar-refractivity contribution in [2.75, 3.05) is 0 Å². The maximum absolute atomic E-state index is 14.6. The third-order valence-corrected chi connectivity index (χ3v) is 6.72. The monoisotopic (exact) mass is 485 g/mol. The van der Waals surface area contributed by atoms with Gasteiger partial charge in [0.1, 0.15) is 5.84 Å². The predicted molar refractivity (Wildman–Crippen MR) is 128 cm³/mol. The zero-order valence-corrected chi connectivity index (χ0v) is 20.2. The Morgan fingerprint density at radius 3 is 2.11 bits per heavy atom. The predicted octanol–water partition coefficient (Wildman–Crippen LogP) is 5.59. The first kappa shape index (κ1) is 24.9. The number of halogens is 3. The highest BCUT2D eigenvalue weighted by molar-refractivity contribution is 6.17. The number of hydrogen-bond acceptors (Lipinski definition) is 3. The van der Waals surface area contributed by atoms with Gasteiger partial charge in [0.25, 0.3) is 11.8 Å². The molecule has 4 rings (SSSR count). The number of carbonyl (C=O) groups excluding carboxylic acids is 2. The lowest BCUT2D eigenvalue weighted by Crippen LogP contribution is -2.64. The van der Waals surface area contributed by atoms with E-state index in [1.54, 1.807) is 42.5 Å². The highest BCUT2D eigenvalue weighted by Crippen LogP contribution is 2.41. The molecule has 8 heteroatoms. The van der Waals surface area contributed by atoms with Crippen molar-refractivity contribution in [2.45, 2.75) is 76.2 Å². The first-order valence-corrected chi connectivity index (χ1v) is 11.9. The van der Waals surface area contributed by atoms with Crippen molar-refractivity contribution in [1.29, 1.82) is 0 Å². The number of nitrogens with one attached hydrogen (secondary N) is 1. The number of hydrogen-bond donors (Lipinski definition) is 1. The van der Waals surface area contributed by atoms with Crippen molar-refractivity contribution >= 4 is 17.6 Å². The first-order chi connectivity index (χ1) is 16.4. The van der Waals surface area contributed by atoms with Gasteiger partial charge < -0.3 is 5.32 Å². The molecular formula is C27H30F3N3O2. The summed E-state index contributed by atoms with van der Waals surface area (Å²) in [6, 6.07) is 14.3. The van der Waals surface area contributed by atoms with Gasteiger partial charge in [-0.25, -0.2) is 4.99 Å². The molecule has 1 atom stereocenters. The molecule has 0 saturated heterocycles. The molecule has 1 heterocycles. The number of amides is 2. The van der Waals surface area contributed by atoms with Gasteiger partial charge in [0.05, 0.1) is 0 Å². The molecule has 1 aliphatic heterocycles. The summed E-state index contributed by atoms with van der Waals surface area (Å²) in [6.07, 6.45) is -1.33. The van der Waals surface area contributed by atoms with Gasteiger partial charge in [0.15, 0.2) is 0 Å². The van der Waals surface area contributed by atoms with E-state index in [0.29, 0.717) is 18.4 Å². The second-order valence-corrected chi connectivity index (χ2v) is 10.3. The van der Waals surface area contributed by atoms with Crippen LogP contribution in [0.2, 0.25) is 0 Å². The number of nitrogens with zero attached hydrogens (tertiary/aromatic N) is 2. The average molecular weight is 486 g/mol. The van der Waals surface area contributed by atoms with Crippen LogP contribution in [0.3, 0.4) is 0 Å². The van der Waals surface area contributed by atoms with E-state index in [4.69, 9.17) is 0 Å². The van der Waals surface area contributed by atoms with Crippen LogP contribution in [-0.2, 0) is 10.2 Å². The number of rotatable bonds is 4. The lowest BCUT2D eigenvalue weighted by atomic mass is 9.86. The van der Waals surface area contributed by atoms with E-state index in [0.717, 1.165) is 24.8 Å². The van der Waals surface area contributed by atoms with Crippen LogP contribution in [0.4, 0.5) is 13.2 Å². The normalized spacial score (nSPS) is 21.7. The van der Waals surface area contributed by atoms with Gasteiger partial charge in [0, 0.05) is 17.2 Å². The summed E-state index contributed by atoms with van der Waals surface area (Å²) in [6.45, 7) is 5.99. The molecule has 0 radical (unpaired) electrons. The van der Waals surface area contributed by atoms with Gasteiger partial charge in [-0.3, -0.25) is 14.5 Å². The fourth-order valence-corrected chi connectivity index (χ4v) is 4.69. The maximum atomic E-state index is 14.6. The Morgan fingerprint density at radius 2 is 1.57 bits per heavy atom. The minimum absolute atomic E-state index is 0.0296. The second kappa shape index (κ2) is 9.13. The third-order valence-electron chi connectivity index (χ3n) is 6.72. The van der Waals surface area contributed by atoms with E-state index in [-0.39, 0.29) is 16.8 Å². The molecule has 2 aromatic rings. The minimum atomic E-state index is -5.13. The number of carbonyl (C=O) groups is 2. The molecule has 0 spiro atoms. The van der Waals surface area contributed by atoms with Crippen molar-refractivity contribution in [3.05, 3.63) is 71.3 Å². The summed E-state index contributed by atoms with van der Waals surface area (Å²) < 4.78 is 43.9. The van der Waals surface area contributed by atoms with Crippen molar-refractivity contribution in [1.82, 2.24) is 10.2 Å². The average Bonchev–Trinajstić information content (AvgIpc) is 3.13. The van der Waals surface area contributed by atoms with Gasteiger partial charge in [-0.1, -0.05) is 82.5 Å². The maximum Gasteiger partial charge on any atom is 0.442 e. The van der Waals surface area contributed by atoms with E-state index in [9.17, 15) is 22.8 Å². The fraction of sp³-hybridized carbons (Fsp3) is 0.444. The van der Waals surface area contributed by atoms with E-state index in [2.05, 4.69) is 4.99 Å². The molecule has 1 N–H and O–H groups in total. The molecule has 186 valence electrons. The van der Waals surface area contributed by atoms with E-state index in [1.807, 2.05) is 26.1 Å². The summed E-state index contributed by atoms with van der Waals surface area (Å²) >= 11 is 0. The largest absolute Gasteiger partial charge is 0.442 e. The molecule has 2 aliphatic rings. The van der Waals surface area contributed by atoms with Crippen molar-refractivity contribution < 1.29 is 22.8 Å². The molecule has 1 aliphatic carbocycles. The Balaban J connectivity index is 1.75. The number of aliphatic imine (C=N–C) groups is 1. The topological polar surface area (TPSA) is 61.8 Å². The van der Waals surface area contributed by atoms with E-state index < -0.39 is 29.7 Å². The number of alkyl halides is 3. The number of amidine groups is 1. The molecule has 1 unspecified atom stereocenters. The first-order valence-electron chi connectivity index (χ1n) is 11.9. The summed E-state index contributed by atoms with van der Waals surface area (Å²) in [7, 11) is 0. The molecule has 0 bridgehead atoms. The highest BCUT2D eigenvalue weighted by atomic mass is 19.4. The summed E-state index contributed by atoms with van der Waals surface area (Å²) in [5.74, 6) is -2.31. The van der Waals surface area contributed by atoms with Crippen LogP contribution in [-0.4, -0.2) is 40.4 Å². The van der Waals surface area contributed by atoms with Gasteiger partial charge in [-0.2, -0.15) is 13.2 Å². The lowest BCUT2D eigenvalue weighted by Gasteiger charge is -2.34. The second-order valence-electron chi connectivity index (χ2n) is 10.3. The fourth-order valence-electron chi connectivity index (χ4n) is 4.69. The van der Waals surface area contributed by atoms with Crippen molar-refractivity contribution in [3.8, 4) is 0 Å². The summed E-state index contributed by atoms with van der Waals surface area (Å²) in [4.78, 5) is 31.7. The SMILES string of the molecule is CC(C)(C)c1ccc(C(=O)NC2(C(F)(F)F)N=C(c3ccccc3)N(C3CCCCC3)C2=O)cc1. The molecule has 1 fully saturated rings. The van der Waals surface area contributed by atoms with E-state index in [1.165, 1.54) is 17.0 Å². The molecular weight excluding hydrogens is 455 g/mol. The molecule has 2 amide bonds. The zero-order chi connectivity index (χ0) is 25.4. The molecule has 2 aromatic carbocycles. The lowest BCUT2D eigenvalue weighted by molar-refractivity contribution is -0.197. The number of benzene rings is 2. The Labute approximate surface area is 203 Å². The van der Waals surface area contributed by atoms with Crippen molar-refractivity contribution in [3.63, 3.8) is 0 Å². The van der Waals surface area contributed by atoms with Crippen LogP contribution in [0.15, 0.2) is 59.6 Å².